The maximum atomic E-state index is 13.2. The van der Waals surface area contributed by atoms with Gasteiger partial charge >= 0.3 is 0 Å². The Labute approximate surface area is 193 Å². The van der Waals surface area contributed by atoms with Crippen molar-refractivity contribution in [2.75, 3.05) is 19.7 Å². The minimum Gasteiger partial charge on any atom is -0.484 e. The lowest BCUT2D eigenvalue weighted by Gasteiger charge is -2.30. The second-order valence-electron chi connectivity index (χ2n) is 8.90. The first-order chi connectivity index (χ1) is 15.3. The van der Waals surface area contributed by atoms with E-state index in [1.807, 2.05) is 61.5 Å². The van der Waals surface area contributed by atoms with Crippen LogP contribution in [0.5, 0.6) is 5.75 Å². The summed E-state index contributed by atoms with van der Waals surface area (Å²) < 4.78 is 5.79. The van der Waals surface area contributed by atoms with Gasteiger partial charge in [-0.25, -0.2) is 0 Å². The first-order valence-electron chi connectivity index (χ1n) is 11.7. The molecule has 0 aliphatic rings. The molecule has 0 saturated heterocycles. The van der Waals surface area contributed by atoms with Crippen LogP contribution in [0.15, 0.2) is 54.6 Å². The molecule has 0 aliphatic heterocycles. The molecule has 2 rings (SSSR count). The van der Waals surface area contributed by atoms with Crippen LogP contribution >= 0.6 is 0 Å². The predicted molar refractivity (Wildman–Crippen MR) is 130 cm³/mol. The van der Waals surface area contributed by atoms with Crippen molar-refractivity contribution in [3.8, 4) is 5.75 Å². The van der Waals surface area contributed by atoms with Crippen molar-refractivity contribution in [2.45, 2.75) is 59.4 Å². The van der Waals surface area contributed by atoms with Crippen LogP contribution in [-0.2, 0) is 16.0 Å². The van der Waals surface area contributed by atoms with Crippen LogP contribution in [0.2, 0.25) is 0 Å². The van der Waals surface area contributed by atoms with Crippen LogP contribution in [-0.4, -0.2) is 42.5 Å². The lowest BCUT2D eigenvalue weighted by Crippen LogP contribution is -2.51. The Hall–Kier alpha value is -2.82. The van der Waals surface area contributed by atoms with Crippen molar-refractivity contribution in [2.24, 2.45) is 5.92 Å². The molecule has 1 N–H and O–H groups in total. The third-order valence-corrected chi connectivity index (χ3v) is 5.46. The van der Waals surface area contributed by atoms with Gasteiger partial charge in [-0.1, -0.05) is 77.1 Å². The van der Waals surface area contributed by atoms with E-state index >= 15 is 0 Å². The number of amides is 2. The van der Waals surface area contributed by atoms with Gasteiger partial charge < -0.3 is 15.0 Å². The Kier molecular flexibility index (Phi) is 10.3. The third kappa shape index (κ3) is 8.03. The van der Waals surface area contributed by atoms with Crippen molar-refractivity contribution in [1.82, 2.24) is 10.2 Å². The standard InChI is InChI=1S/C27H38N2O3/c1-6-25(27(31)28-18-20(2)3)29(17-16-22-10-8-7-9-11-22)26(30)19-32-24-14-12-23(13-15-24)21(4)5/h7-15,20-21,25H,6,16-19H2,1-5H3,(H,28,31). The molecule has 0 bridgehead atoms. The zero-order valence-electron chi connectivity index (χ0n) is 20.1. The molecule has 0 fully saturated rings. The van der Waals surface area contributed by atoms with E-state index in [4.69, 9.17) is 4.74 Å². The molecule has 174 valence electrons. The minimum atomic E-state index is -0.517. The fourth-order valence-corrected chi connectivity index (χ4v) is 3.50. The van der Waals surface area contributed by atoms with Crippen LogP contribution in [0, 0.1) is 5.92 Å². The largest absolute Gasteiger partial charge is 0.484 e. The van der Waals surface area contributed by atoms with E-state index in [0.717, 1.165) is 5.56 Å². The molecule has 0 aliphatic carbocycles. The topological polar surface area (TPSA) is 58.6 Å². The maximum Gasteiger partial charge on any atom is 0.261 e. The summed E-state index contributed by atoms with van der Waals surface area (Å²) in [6.45, 7) is 11.3. The van der Waals surface area contributed by atoms with Gasteiger partial charge in [-0.05, 0) is 47.9 Å². The average molecular weight is 439 g/mol. The van der Waals surface area contributed by atoms with Gasteiger partial charge in [0, 0.05) is 13.1 Å². The number of ether oxygens (including phenoxy) is 1. The van der Waals surface area contributed by atoms with Gasteiger partial charge in [0.05, 0.1) is 0 Å². The summed E-state index contributed by atoms with van der Waals surface area (Å²) >= 11 is 0. The molecule has 0 saturated carbocycles. The molecule has 2 aromatic carbocycles. The molecule has 0 heterocycles. The Morgan fingerprint density at radius 2 is 1.62 bits per heavy atom. The molecule has 0 spiro atoms. The van der Waals surface area contributed by atoms with Gasteiger partial charge in [0.25, 0.3) is 5.91 Å². The number of carbonyl (C=O) groups excluding carboxylic acids is 2. The number of benzene rings is 2. The second-order valence-corrected chi connectivity index (χ2v) is 8.90. The summed E-state index contributed by atoms with van der Waals surface area (Å²) in [5, 5.41) is 2.98. The van der Waals surface area contributed by atoms with Crippen molar-refractivity contribution in [1.29, 1.82) is 0 Å². The van der Waals surface area contributed by atoms with Gasteiger partial charge in [0.2, 0.25) is 5.91 Å². The Morgan fingerprint density at radius 1 is 0.969 bits per heavy atom. The fraction of sp³-hybridized carbons (Fsp3) is 0.481. The molecule has 5 nitrogen and oxygen atoms in total. The number of nitrogens with zero attached hydrogens (tertiary/aromatic N) is 1. The Morgan fingerprint density at radius 3 is 2.19 bits per heavy atom. The first kappa shape index (κ1) is 25.4. The zero-order valence-corrected chi connectivity index (χ0v) is 20.1. The number of hydrogen-bond acceptors (Lipinski definition) is 3. The number of nitrogens with one attached hydrogen (secondary N) is 1. The highest BCUT2D eigenvalue weighted by Crippen LogP contribution is 2.19. The molecule has 32 heavy (non-hydrogen) atoms. The molecule has 1 unspecified atom stereocenters. The Balaban J connectivity index is 2.09. The van der Waals surface area contributed by atoms with Gasteiger partial charge in [-0.2, -0.15) is 0 Å². The van der Waals surface area contributed by atoms with Crippen LogP contribution in [0.3, 0.4) is 0 Å². The summed E-state index contributed by atoms with van der Waals surface area (Å²) in [5.74, 6) is 1.16. The van der Waals surface area contributed by atoms with Crippen molar-refractivity contribution in [3.05, 3.63) is 65.7 Å². The molecule has 0 aromatic heterocycles. The highest BCUT2D eigenvalue weighted by molar-refractivity contribution is 5.88. The van der Waals surface area contributed by atoms with Crippen molar-refractivity contribution in [3.63, 3.8) is 0 Å². The highest BCUT2D eigenvalue weighted by Gasteiger charge is 2.28. The SMILES string of the molecule is CCC(C(=O)NCC(C)C)N(CCc1ccccc1)C(=O)COc1ccc(C(C)C)cc1. The summed E-state index contributed by atoms with van der Waals surface area (Å²) in [6, 6.07) is 17.3. The smallest absolute Gasteiger partial charge is 0.261 e. The van der Waals surface area contributed by atoms with Crippen molar-refractivity contribution >= 4 is 11.8 Å². The summed E-state index contributed by atoms with van der Waals surface area (Å²) in [7, 11) is 0. The number of carbonyl (C=O) groups is 2. The number of hydrogen-bond donors (Lipinski definition) is 1. The van der Waals surface area contributed by atoms with E-state index < -0.39 is 6.04 Å². The third-order valence-electron chi connectivity index (χ3n) is 5.46. The monoisotopic (exact) mass is 438 g/mol. The second kappa shape index (κ2) is 12.9. The van der Waals surface area contributed by atoms with Crippen LogP contribution in [0.1, 0.15) is 58.1 Å². The lowest BCUT2D eigenvalue weighted by atomic mass is 10.0. The zero-order chi connectivity index (χ0) is 23.5. The highest BCUT2D eigenvalue weighted by atomic mass is 16.5. The van der Waals surface area contributed by atoms with E-state index in [0.29, 0.717) is 43.5 Å². The quantitative estimate of drug-likeness (QED) is 0.517. The molecule has 2 aromatic rings. The van der Waals surface area contributed by atoms with Crippen LogP contribution in [0.4, 0.5) is 0 Å². The Bertz CT molecular complexity index is 832. The van der Waals surface area contributed by atoms with E-state index in [2.05, 4.69) is 33.0 Å². The number of rotatable bonds is 12. The summed E-state index contributed by atoms with van der Waals surface area (Å²) in [4.78, 5) is 27.7. The van der Waals surface area contributed by atoms with E-state index in [1.54, 1.807) is 4.90 Å². The van der Waals surface area contributed by atoms with Crippen molar-refractivity contribution < 1.29 is 14.3 Å². The fourth-order valence-electron chi connectivity index (χ4n) is 3.50. The van der Waals surface area contributed by atoms with E-state index in [-0.39, 0.29) is 18.4 Å². The molecule has 5 heteroatoms. The normalized spacial score (nSPS) is 12.0. The van der Waals surface area contributed by atoms with Gasteiger partial charge in [0.15, 0.2) is 6.61 Å². The molecule has 1 atom stereocenters. The predicted octanol–water partition coefficient (Wildman–Crippen LogP) is 4.81. The van der Waals surface area contributed by atoms with Crippen LogP contribution in [0.25, 0.3) is 0 Å². The lowest BCUT2D eigenvalue weighted by molar-refractivity contribution is -0.142. The van der Waals surface area contributed by atoms with Crippen LogP contribution < -0.4 is 10.1 Å². The molecular weight excluding hydrogens is 400 g/mol. The first-order valence-corrected chi connectivity index (χ1v) is 11.7. The van der Waals surface area contributed by atoms with E-state index in [1.165, 1.54) is 5.56 Å². The van der Waals surface area contributed by atoms with Gasteiger partial charge in [-0.15, -0.1) is 0 Å². The minimum absolute atomic E-state index is 0.0935. The van der Waals surface area contributed by atoms with E-state index in [9.17, 15) is 9.59 Å². The van der Waals surface area contributed by atoms with Gasteiger partial charge in [0.1, 0.15) is 11.8 Å². The molecular formula is C27H38N2O3. The maximum absolute atomic E-state index is 13.2. The molecule has 2 amide bonds. The molecule has 0 radical (unpaired) electrons. The summed E-state index contributed by atoms with van der Waals surface area (Å²) in [6.07, 6.45) is 1.23. The average Bonchev–Trinajstić information content (AvgIpc) is 2.79. The van der Waals surface area contributed by atoms with Gasteiger partial charge in [-0.3, -0.25) is 9.59 Å². The summed E-state index contributed by atoms with van der Waals surface area (Å²) in [5.41, 5.74) is 2.36.